The summed E-state index contributed by atoms with van der Waals surface area (Å²) >= 11 is 3.37. The van der Waals surface area contributed by atoms with Gasteiger partial charge in [-0.2, -0.15) is 0 Å². The first-order valence-electron chi connectivity index (χ1n) is 7.15. The Balaban J connectivity index is 1.98. The highest BCUT2D eigenvalue weighted by Crippen LogP contribution is 2.35. The Bertz CT molecular complexity index is 891. The number of nitrogens with two attached hydrogens (primary N) is 1. The van der Waals surface area contributed by atoms with E-state index >= 15 is 0 Å². The molecule has 6 nitrogen and oxygen atoms in total. The average Bonchev–Trinajstić information content (AvgIpc) is 3.16. The van der Waals surface area contributed by atoms with Gasteiger partial charge in [0.15, 0.2) is 5.82 Å². The summed E-state index contributed by atoms with van der Waals surface area (Å²) in [5, 5.41) is 0.857. The molecule has 3 aromatic rings. The SMILES string of the molecule is Nc1ncc(F)c(-c2cn(C3CCOC3)c3cnc(Br)cc23)n1. The zero-order valence-corrected chi connectivity index (χ0v) is 13.6. The first-order valence-corrected chi connectivity index (χ1v) is 7.95. The fourth-order valence-corrected chi connectivity index (χ4v) is 3.26. The zero-order chi connectivity index (χ0) is 16.0. The number of fused-ring (bicyclic) bond motifs is 1. The van der Waals surface area contributed by atoms with Crippen LogP contribution in [0.15, 0.2) is 29.3 Å². The lowest BCUT2D eigenvalue weighted by Crippen LogP contribution is -2.07. The Morgan fingerprint density at radius 3 is 3.00 bits per heavy atom. The molecule has 3 aromatic heterocycles. The summed E-state index contributed by atoms with van der Waals surface area (Å²) in [6.45, 7) is 1.35. The van der Waals surface area contributed by atoms with E-state index in [0.29, 0.717) is 16.8 Å². The van der Waals surface area contributed by atoms with Gasteiger partial charge < -0.3 is 15.0 Å². The molecule has 0 bridgehead atoms. The molecule has 0 aliphatic carbocycles. The first-order chi connectivity index (χ1) is 11.1. The van der Waals surface area contributed by atoms with Gasteiger partial charge in [0.25, 0.3) is 0 Å². The summed E-state index contributed by atoms with van der Waals surface area (Å²) in [5.74, 6) is -0.464. The van der Waals surface area contributed by atoms with Crippen molar-refractivity contribution in [3.05, 3.63) is 35.1 Å². The molecule has 118 valence electrons. The number of halogens is 2. The maximum Gasteiger partial charge on any atom is 0.220 e. The van der Waals surface area contributed by atoms with Crippen molar-refractivity contribution in [3.8, 4) is 11.3 Å². The fourth-order valence-electron chi connectivity index (χ4n) is 2.92. The van der Waals surface area contributed by atoms with Gasteiger partial charge >= 0.3 is 0 Å². The van der Waals surface area contributed by atoms with Crippen LogP contribution in [0.4, 0.5) is 10.3 Å². The van der Waals surface area contributed by atoms with Gasteiger partial charge in [-0.15, -0.1) is 0 Å². The maximum atomic E-state index is 14.2. The number of ether oxygens (including phenoxy) is 1. The van der Waals surface area contributed by atoms with Crippen molar-refractivity contribution in [2.24, 2.45) is 0 Å². The van der Waals surface area contributed by atoms with E-state index in [1.54, 1.807) is 6.20 Å². The number of rotatable bonds is 2. The Labute approximate surface area is 139 Å². The standard InChI is InChI=1S/C15H13BrFN5O/c16-13-3-9-10(14-11(17)4-20-15(18)21-14)6-22(12(9)5-19-13)8-1-2-23-7-8/h3-6,8H,1-2,7H2,(H2,18,20,21). The second kappa shape index (κ2) is 5.54. The average molecular weight is 378 g/mol. The van der Waals surface area contributed by atoms with Crippen molar-refractivity contribution in [2.45, 2.75) is 12.5 Å². The lowest BCUT2D eigenvalue weighted by atomic mass is 10.1. The topological polar surface area (TPSA) is 78.8 Å². The van der Waals surface area contributed by atoms with Gasteiger partial charge in [-0.25, -0.2) is 19.3 Å². The van der Waals surface area contributed by atoms with Crippen molar-refractivity contribution in [1.82, 2.24) is 19.5 Å². The molecule has 1 fully saturated rings. The van der Waals surface area contributed by atoms with Gasteiger partial charge in [-0.1, -0.05) is 0 Å². The van der Waals surface area contributed by atoms with E-state index in [-0.39, 0.29) is 17.7 Å². The van der Waals surface area contributed by atoms with Crippen molar-refractivity contribution in [1.29, 1.82) is 0 Å². The molecular weight excluding hydrogens is 365 g/mol. The summed E-state index contributed by atoms with van der Waals surface area (Å²) < 4.78 is 22.5. The highest BCUT2D eigenvalue weighted by Gasteiger charge is 2.23. The summed E-state index contributed by atoms with van der Waals surface area (Å²) in [6, 6.07) is 2.06. The van der Waals surface area contributed by atoms with E-state index in [2.05, 4.69) is 35.4 Å². The molecule has 1 saturated heterocycles. The van der Waals surface area contributed by atoms with Crippen LogP contribution >= 0.6 is 15.9 Å². The number of nitrogen functional groups attached to an aromatic ring is 1. The van der Waals surface area contributed by atoms with Crippen LogP contribution in [0.5, 0.6) is 0 Å². The number of aromatic nitrogens is 4. The summed E-state index contributed by atoms with van der Waals surface area (Å²) in [5.41, 5.74) is 7.40. The smallest absolute Gasteiger partial charge is 0.220 e. The first kappa shape index (κ1) is 14.5. The molecule has 0 aromatic carbocycles. The molecule has 4 rings (SSSR count). The van der Waals surface area contributed by atoms with Crippen LogP contribution in [-0.2, 0) is 4.74 Å². The van der Waals surface area contributed by atoms with Gasteiger partial charge in [0.1, 0.15) is 10.3 Å². The van der Waals surface area contributed by atoms with Gasteiger partial charge in [0, 0.05) is 23.8 Å². The number of pyridine rings is 1. The molecule has 1 aliphatic rings. The van der Waals surface area contributed by atoms with Crippen LogP contribution in [0, 0.1) is 5.82 Å². The van der Waals surface area contributed by atoms with Crippen LogP contribution in [0.1, 0.15) is 12.5 Å². The molecular formula is C15H13BrFN5O. The predicted molar refractivity (Wildman–Crippen MR) is 87.3 cm³/mol. The van der Waals surface area contributed by atoms with Crippen LogP contribution in [-0.4, -0.2) is 32.7 Å². The molecule has 0 amide bonds. The summed E-state index contributed by atoms with van der Waals surface area (Å²) in [4.78, 5) is 12.1. The second-order valence-electron chi connectivity index (χ2n) is 5.42. The van der Waals surface area contributed by atoms with E-state index in [0.717, 1.165) is 30.1 Å². The fraction of sp³-hybridized carbons (Fsp3) is 0.267. The quantitative estimate of drug-likeness (QED) is 0.694. The van der Waals surface area contributed by atoms with Gasteiger partial charge in [0.05, 0.1) is 30.6 Å². The van der Waals surface area contributed by atoms with Crippen LogP contribution < -0.4 is 5.73 Å². The maximum absolute atomic E-state index is 14.2. The molecule has 2 N–H and O–H groups in total. The summed E-state index contributed by atoms with van der Waals surface area (Å²) in [7, 11) is 0. The molecule has 1 unspecified atom stereocenters. The minimum absolute atomic E-state index is 0.0413. The molecule has 4 heterocycles. The van der Waals surface area contributed by atoms with Crippen LogP contribution in [0.25, 0.3) is 22.2 Å². The molecule has 23 heavy (non-hydrogen) atoms. The van der Waals surface area contributed by atoms with Crippen LogP contribution in [0.3, 0.4) is 0 Å². The van der Waals surface area contributed by atoms with Gasteiger partial charge in [-0.05, 0) is 28.4 Å². The lowest BCUT2D eigenvalue weighted by Gasteiger charge is -2.11. The monoisotopic (exact) mass is 377 g/mol. The molecule has 0 saturated carbocycles. The Morgan fingerprint density at radius 2 is 2.22 bits per heavy atom. The van der Waals surface area contributed by atoms with Crippen LogP contribution in [0.2, 0.25) is 0 Å². The van der Waals surface area contributed by atoms with E-state index in [9.17, 15) is 4.39 Å². The second-order valence-corrected chi connectivity index (χ2v) is 6.23. The molecule has 0 spiro atoms. The van der Waals surface area contributed by atoms with E-state index < -0.39 is 5.82 Å². The van der Waals surface area contributed by atoms with Gasteiger partial charge in [-0.3, -0.25) is 0 Å². The molecule has 1 atom stereocenters. The third kappa shape index (κ3) is 2.47. The Morgan fingerprint density at radius 1 is 1.35 bits per heavy atom. The van der Waals surface area contributed by atoms with Crippen molar-refractivity contribution in [3.63, 3.8) is 0 Å². The van der Waals surface area contributed by atoms with Crippen molar-refractivity contribution < 1.29 is 9.13 Å². The minimum atomic E-state index is -0.506. The lowest BCUT2D eigenvalue weighted by molar-refractivity contribution is 0.187. The summed E-state index contributed by atoms with van der Waals surface area (Å²) in [6.07, 6.45) is 5.66. The number of nitrogens with zero attached hydrogens (tertiary/aromatic N) is 4. The Kier molecular flexibility index (Phi) is 3.50. The number of hydrogen-bond donors (Lipinski definition) is 1. The predicted octanol–water partition coefficient (Wildman–Crippen LogP) is 2.94. The highest BCUT2D eigenvalue weighted by atomic mass is 79.9. The largest absolute Gasteiger partial charge is 0.379 e. The molecule has 8 heteroatoms. The normalized spacial score (nSPS) is 17.9. The van der Waals surface area contributed by atoms with E-state index in [1.165, 1.54) is 0 Å². The zero-order valence-electron chi connectivity index (χ0n) is 12.0. The minimum Gasteiger partial charge on any atom is -0.379 e. The van der Waals surface area contributed by atoms with Crippen molar-refractivity contribution >= 4 is 32.8 Å². The molecule has 1 aliphatic heterocycles. The van der Waals surface area contributed by atoms with Crippen molar-refractivity contribution in [2.75, 3.05) is 18.9 Å². The number of anilines is 1. The van der Waals surface area contributed by atoms with Gasteiger partial charge in [0.2, 0.25) is 5.95 Å². The third-order valence-corrected chi connectivity index (χ3v) is 4.44. The van der Waals surface area contributed by atoms with E-state index in [4.69, 9.17) is 10.5 Å². The molecule has 0 radical (unpaired) electrons. The highest BCUT2D eigenvalue weighted by molar-refractivity contribution is 9.10. The van der Waals surface area contributed by atoms with E-state index in [1.807, 2.05) is 12.3 Å². The Hall–Kier alpha value is -2.06. The third-order valence-electron chi connectivity index (χ3n) is 4.00. The number of hydrogen-bond acceptors (Lipinski definition) is 5.